The summed E-state index contributed by atoms with van der Waals surface area (Å²) in [6.07, 6.45) is 6.41. The van der Waals surface area contributed by atoms with E-state index in [0.717, 1.165) is 11.1 Å². The summed E-state index contributed by atoms with van der Waals surface area (Å²) < 4.78 is 1.76. The van der Waals surface area contributed by atoms with Crippen LogP contribution < -0.4 is 5.32 Å². The summed E-state index contributed by atoms with van der Waals surface area (Å²) in [5.41, 5.74) is 2.79. The molecule has 22 heavy (non-hydrogen) atoms. The molecule has 3 rings (SSSR count). The highest BCUT2D eigenvalue weighted by Crippen LogP contribution is 2.06. The van der Waals surface area contributed by atoms with Crippen LogP contribution in [0.15, 0.2) is 61.4 Å². The van der Waals surface area contributed by atoms with E-state index in [4.69, 9.17) is 0 Å². The third kappa shape index (κ3) is 3.54. The topological polar surface area (TPSA) is 72.7 Å². The Morgan fingerprint density at radius 3 is 2.41 bits per heavy atom. The summed E-state index contributed by atoms with van der Waals surface area (Å²) in [5, 5.41) is 6.96. The minimum atomic E-state index is -0.103. The van der Waals surface area contributed by atoms with Crippen LogP contribution in [0.25, 0.3) is 0 Å². The SMILES string of the molecule is O=C(NCc1ccc(Cn2cncn2)cc1)c1ccncc1. The third-order valence-corrected chi connectivity index (χ3v) is 3.23. The second-order valence-electron chi connectivity index (χ2n) is 4.83. The highest BCUT2D eigenvalue weighted by atomic mass is 16.1. The molecule has 2 aromatic heterocycles. The van der Waals surface area contributed by atoms with Crippen LogP contribution in [0.1, 0.15) is 21.5 Å². The molecule has 0 atom stereocenters. The normalized spacial score (nSPS) is 10.4. The predicted molar refractivity (Wildman–Crippen MR) is 81.0 cm³/mol. The molecule has 0 saturated carbocycles. The number of hydrogen-bond donors (Lipinski definition) is 1. The van der Waals surface area contributed by atoms with Crippen LogP contribution in [-0.4, -0.2) is 25.7 Å². The molecule has 1 amide bonds. The molecule has 2 heterocycles. The molecule has 0 saturated heterocycles. The highest BCUT2D eigenvalue weighted by molar-refractivity contribution is 5.93. The monoisotopic (exact) mass is 293 g/mol. The second kappa shape index (κ2) is 6.62. The van der Waals surface area contributed by atoms with Crippen LogP contribution >= 0.6 is 0 Å². The number of nitrogens with zero attached hydrogens (tertiary/aromatic N) is 4. The van der Waals surface area contributed by atoms with E-state index in [0.29, 0.717) is 18.7 Å². The largest absolute Gasteiger partial charge is 0.348 e. The van der Waals surface area contributed by atoms with Gasteiger partial charge in [0.2, 0.25) is 0 Å². The van der Waals surface area contributed by atoms with Gasteiger partial charge in [0.05, 0.1) is 6.54 Å². The number of carbonyl (C=O) groups is 1. The molecular formula is C16H15N5O. The Morgan fingerprint density at radius 2 is 1.73 bits per heavy atom. The lowest BCUT2D eigenvalue weighted by Gasteiger charge is -2.06. The molecule has 0 aliphatic heterocycles. The van der Waals surface area contributed by atoms with Crippen molar-refractivity contribution in [3.05, 3.63) is 78.1 Å². The average molecular weight is 293 g/mol. The van der Waals surface area contributed by atoms with Crippen molar-refractivity contribution in [2.75, 3.05) is 0 Å². The van der Waals surface area contributed by atoms with Crippen LogP contribution in [-0.2, 0) is 13.1 Å². The third-order valence-electron chi connectivity index (χ3n) is 3.23. The fourth-order valence-corrected chi connectivity index (χ4v) is 2.05. The van der Waals surface area contributed by atoms with E-state index < -0.39 is 0 Å². The van der Waals surface area contributed by atoms with E-state index in [1.165, 1.54) is 6.33 Å². The number of nitrogens with one attached hydrogen (secondary N) is 1. The van der Waals surface area contributed by atoms with Gasteiger partial charge in [0.15, 0.2) is 0 Å². The van der Waals surface area contributed by atoms with Crippen molar-refractivity contribution in [1.82, 2.24) is 25.1 Å². The van der Waals surface area contributed by atoms with Gasteiger partial charge in [0, 0.05) is 24.5 Å². The molecule has 6 nitrogen and oxygen atoms in total. The zero-order valence-corrected chi connectivity index (χ0v) is 11.9. The van der Waals surface area contributed by atoms with Crippen molar-refractivity contribution >= 4 is 5.91 Å². The summed E-state index contributed by atoms with van der Waals surface area (Å²) >= 11 is 0. The van der Waals surface area contributed by atoms with Gasteiger partial charge in [0.25, 0.3) is 5.91 Å². The lowest BCUT2D eigenvalue weighted by molar-refractivity contribution is 0.0951. The molecule has 0 radical (unpaired) electrons. The number of hydrogen-bond acceptors (Lipinski definition) is 4. The zero-order chi connectivity index (χ0) is 15.2. The number of carbonyl (C=O) groups excluding carboxylic acids is 1. The van der Waals surface area contributed by atoms with Crippen molar-refractivity contribution in [3.63, 3.8) is 0 Å². The Hall–Kier alpha value is -3.02. The second-order valence-corrected chi connectivity index (χ2v) is 4.83. The van der Waals surface area contributed by atoms with Crippen molar-refractivity contribution in [2.24, 2.45) is 0 Å². The molecule has 0 aliphatic rings. The van der Waals surface area contributed by atoms with Crippen LogP contribution in [0.5, 0.6) is 0 Å². The number of amides is 1. The summed E-state index contributed by atoms with van der Waals surface area (Å²) in [6, 6.07) is 11.4. The van der Waals surface area contributed by atoms with Crippen LogP contribution in [0.3, 0.4) is 0 Å². The van der Waals surface area contributed by atoms with E-state index in [1.807, 2.05) is 24.3 Å². The van der Waals surface area contributed by atoms with Crippen molar-refractivity contribution < 1.29 is 4.79 Å². The van der Waals surface area contributed by atoms with Gasteiger partial charge in [-0.1, -0.05) is 24.3 Å². The first-order valence-electron chi connectivity index (χ1n) is 6.90. The predicted octanol–water partition coefficient (Wildman–Crippen LogP) is 1.65. The smallest absolute Gasteiger partial charge is 0.251 e. The van der Waals surface area contributed by atoms with Gasteiger partial charge in [-0.15, -0.1) is 0 Å². The maximum absolute atomic E-state index is 11.9. The van der Waals surface area contributed by atoms with E-state index in [2.05, 4.69) is 20.4 Å². The average Bonchev–Trinajstić information content (AvgIpc) is 3.08. The minimum absolute atomic E-state index is 0.103. The van der Waals surface area contributed by atoms with E-state index >= 15 is 0 Å². The first-order valence-corrected chi connectivity index (χ1v) is 6.90. The van der Waals surface area contributed by atoms with Crippen molar-refractivity contribution in [3.8, 4) is 0 Å². The summed E-state index contributed by atoms with van der Waals surface area (Å²) in [7, 11) is 0. The van der Waals surface area contributed by atoms with E-state index in [-0.39, 0.29) is 5.91 Å². The number of benzene rings is 1. The van der Waals surface area contributed by atoms with Gasteiger partial charge in [0.1, 0.15) is 12.7 Å². The first-order chi connectivity index (χ1) is 10.8. The van der Waals surface area contributed by atoms with Gasteiger partial charge in [-0.05, 0) is 23.3 Å². The standard InChI is InChI=1S/C16H15N5O/c22-16(15-5-7-17-8-6-15)19-9-13-1-3-14(4-2-13)10-21-12-18-11-20-21/h1-8,11-12H,9-10H2,(H,19,22). The van der Waals surface area contributed by atoms with E-state index in [1.54, 1.807) is 35.5 Å². The molecular weight excluding hydrogens is 278 g/mol. The molecule has 1 N–H and O–H groups in total. The lowest BCUT2D eigenvalue weighted by Crippen LogP contribution is -2.22. The van der Waals surface area contributed by atoms with Gasteiger partial charge < -0.3 is 5.32 Å². The maximum atomic E-state index is 11.9. The number of aromatic nitrogens is 4. The minimum Gasteiger partial charge on any atom is -0.348 e. The van der Waals surface area contributed by atoms with Gasteiger partial charge >= 0.3 is 0 Å². The Labute approximate surface area is 127 Å². The number of pyridine rings is 1. The summed E-state index contributed by atoms with van der Waals surface area (Å²) in [5.74, 6) is -0.103. The van der Waals surface area contributed by atoms with Gasteiger partial charge in [-0.2, -0.15) is 5.10 Å². The Kier molecular flexibility index (Phi) is 4.20. The molecule has 6 heteroatoms. The molecule has 0 fully saturated rings. The van der Waals surface area contributed by atoms with Crippen LogP contribution in [0.2, 0.25) is 0 Å². The van der Waals surface area contributed by atoms with Gasteiger partial charge in [-0.25, -0.2) is 9.67 Å². The number of rotatable bonds is 5. The quantitative estimate of drug-likeness (QED) is 0.776. The van der Waals surface area contributed by atoms with E-state index in [9.17, 15) is 4.79 Å². The fraction of sp³-hybridized carbons (Fsp3) is 0.125. The van der Waals surface area contributed by atoms with Gasteiger partial charge in [-0.3, -0.25) is 9.78 Å². The van der Waals surface area contributed by atoms with Crippen molar-refractivity contribution in [1.29, 1.82) is 0 Å². The zero-order valence-electron chi connectivity index (χ0n) is 11.9. The molecule has 1 aromatic carbocycles. The molecule has 110 valence electrons. The fourth-order valence-electron chi connectivity index (χ4n) is 2.05. The molecule has 0 spiro atoms. The Bertz CT molecular complexity index is 723. The summed E-state index contributed by atoms with van der Waals surface area (Å²) in [6.45, 7) is 1.18. The molecule has 0 bridgehead atoms. The maximum Gasteiger partial charge on any atom is 0.251 e. The van der Waals surface area contributed by atoms with Crippen LogP contribution in [0.4, 0.5) is 0 Å². The Balaban J connectivity index is 1.56. The molecule has 0 aliphatic carbocycles. The Morgan fingerprint density at radius 1 is 1.00 bits per heavy atom. The molecule has 3 aromatic rings. The lowest BCUT2D eigenvalue weighted by atomic mass is 10.1. The highest BCUT2D eigenvalue weighted by Gasteiger charge is 2.04. The summed E-state index contributed by atoms with van der Waals surface area (Å²) in [4.78, 5) is 19.7. The van der Waals surface area contributed by atoms with Crippen molar-refractivity contribution in [2.45, 2.75) is 13.1 Å². The van der Waals surface area contributed by atoms with Crippen LogP contribution in [0, 0.1) is 0 Å². The molecule has 0 unspecified atom stereocenters. The first kappa shape index (κ1) is 13.9.